The van der Waals surface area contributed by atoms with Crippen molar-refractivity contribution >= 4 is 47.8 Å². The SMILES string of the molecule is CC(=O)Nc1nc[c]([SnH])s1. The van der Waals surface area contributed by atoms with E-state index in [1.165, 1.54) is 21.2 Å². The Kier molecular flexibility index (Phi) is 2.67. The Morgan fingerprint density at radius 1 is 1.90 bits per heavy atom. The average Bonchev–Trinajstić information content (AvgIpc) is 2.13. The van der Waals surface area contributed by atoms with Crippen molar-refractivity contribution in [2.24, 2.45) is 0 Å². The Balaban J connectivity index is 2.67. The van der Waals surface area contributed by atoms with Gasteiger partial charge in [0.1, 0.15) is 0 Å². The standard InChI is InChI=1S/C5H5N2OS.Sn.H/c1-4(8)7-5-6-2-3-9-5;;/h2H,1H3,(H,6,7,8);;. The summed E-state index contributed by atoms with van der Waals surface area (Å²) in [5.74, 6) is -0.0602. The predicted molar refractivity (Wildman–Crippen MR) is 43.2 cm³/mol. The minimum atomic E-state index is -0.0602. The van der Waals surface area contributed by atoms with Gasteiger partial charge in [-0.2, -0.15) is 0 Å². The number of carbonyl (C=O) groups excluding carboxylic acids is 1. The number of carbonyl (C=O) groups is 1. The molecule has 1 rings (SSSR count). The van der Waals surface area contributed by atoms with Gasteiger partial charge in [0, 0.05) is 0 Å². The van der Waals surface area contributed by atoms with Crippen molar-refractivity contribution in [3.05, 3.63) is 6.20 Å². The quantitative estimate of drug-likeness (QED) is 0.700. The molecule has 52 valence electrons. The number of thiazole rings is 1. The summed E-state index contributed by atoms with van der Waals surface area (Å²) in [6.45, 7) is 1.48. The van der Waals surface area contributed by atoms with E-state index < -0.39 is 0 Å². The summed E-state index contributed by atoms with van der Waals surface area (Å²) >= 11 is 2.59. The summed E-state index contributed by atoms with van der Waals surface area (Å²) in [4.78, 5) is 14.5. The molecule has 0 spiro atoms. The van der Waals surface area contributed by atoms with Crippen molar-refractivity contribution in [2.75, 3.05) is 5.32 Å². The van der Waals surface area contributed by atoms with Crippen LogP contribution >= 0.6 is 11.3 Å². The number of nitrogens with zero attached hydrogens (tertiary/aromatic N) is 1. The van der Waals surface area contributed by atoms with Crippen molar-refractivity contribution < 1.29 is 4.79 Å². The molecule has 2 radical (unpaired) electrons. The molecule has 0 bridgehead atoms. The molecule has 1 aromatic rings. The molecule has 1 N–H and O–H groups in total. The van der Waals surface area contributed by atoms with Crippen LogP contribution in [0.15, 0.2) is 6.20 Å². The van der Waals surface area contributed by atoms with Crippen LogP contribution < -0.4 is 8.21 Å². The third kappa shape index (κ3) is 2.26. The Morgan fingerprint density at radius 2 is 2.60 bits per heavy atom. The zero-order valence-corrected chi connectivity index (χ0v) is 9.53. The number of hydrogen-bond donors (Lipinski definition) is 1. The van der Waals surface area contributed by atoms with Gasteiger partial charge in [-0.3, -0.25) is 0 Å². The zero-order chi connectivity index (χ0) is 7.56. The fourth-order valence-electron chi connectivity index (χ4n) is 0.495. The second kappa shape index (κ2) is 3.34. The normalized spacial score (nSPS) is 9.40. The summed E-state index contributed by atoms with van der Waals surface area (Å²) in [7, 11) is 0. The fourth-order valence-corrected chi connectivity index (χ4v) is 2.29. The summed E-state index contributed by atoms with van der Waals surface area (Å²) in [5, 5.41) is 3.32. The first kappa shape index (κ1) is 8.00. The molecular weight excluding hydrogens is 255 g/mol. The molecule has 1 amide bonds. The molecule has 5 heteroatoms. The van der Waals surface area contributed by atoms with Crippen LogP contribution in [0.4, 0.5) is 5.13 Å². The van der Waals surface area contributed by atoms with E-state index >= 15 is 0 Å². The minimum absolute atomic E-state index is 0.0602. The monoisotopic (exact) mass is 262 g/mol. The van der Waals surface area contributed by atoms with Crippen LogP contribution in [-0.2, 0) is 4.79 Å². The van der Waals surface area contributed by atoms with E-state index in [0.29, 0.717) is 5.13 Å². The van der Waals surface area contributed by atoms with Crippen LogP contribution in [0, 0.1) is 0 Å². The van der Waals surface area contributed by atoms with E-state index in [-0.39, 0.29) is 5.91 Å². The van der Waals surface area contributed by atoms with Crippen LogP contribution in [-0.4, -0.2) is 33.4 Å². The third-order valence-electron chi connectivity index (χ3n) is 0.807. The van der Waals surface area contributed by atoms with Gasteiger partial charge < -0.3 is 0 Å². The summed E-state index contributed by atoms with van der Waals surface area (Å²) in [6.07, 6.45) is 1.79. The maximum atomic E-state index is 10.5. The molecule has 1 aromatic heterocycles. The van der Waals surface area contributed by atoms with E-state index in [4.69, 9.17) is 0 Å². The van der Waals surface area contributed by atoms with Crippen LogP contribution in [0.25, 0.3) is 0 Å². The van der Waals surface area contributed by atoms with Crippen LogP contribution in [0.2, 0.25) is 0 Å². The summed E-state index contributed by atoms with van der Waals surface area (Å²) in [5.41, 5.74) is 0. The number of nitrogens with one attached hydrogen (secondary N) is 1. The Labute approximate surface area is 75.9 Å². The molecule has 10 heavy (non-hydrogen) atoms. The number of amides is 1. The summed E-state index contributed by atoms with van der Waals surface area (Å²) < 4.78 is 1.23. The predicted octanol–water partition coefficient (Wildman–Crippen LogP) is -0.372. The van der Waals surface area contributed by atoms with Gasteiger partial charge in [0.25, 0.3) is 0 Å². The van der Waals surface area contributed by atoms with Crippen LogP contribution in [0.1, 0.15) is 6.92 Å². The zero-order valence-electron chi connectivity index (χ0n) is 5.42. The molecule has 1 heterocycles. The second-order valence-corrected chi connectivity index (χ2v) is 5.78. The van der Waals surface area contributed by atoms with E-state index in [1.54, 1.807) is 6.20 Å². The first-order chi connectivity index (χ1) is 4.68. The van der Waals surface area contributed by atoms with Crippen molar-refractivity contribution in [2.45, 2.75) is 6.92 Å². The van der Waals surface area contributed by atoms with Crippen molar-refractivity contribution in [3.8, 4) is 0 Å². The van der Waals surface area contributed by atoms with E-state index in [9.17, 15) is 4.79 Å². The van der Waals surface area contributed by atoms with Crippen molar-refractivity contribution in [1.82, 2.24) is 4.98 Å². The first-order valence-electron chi connectivity index (χ1n) is 2.67. The molecule has 0 aliphatic rings. The Bertz CT molecular complexity index is 248. The molecule has 0 saturated carbocycles. The van der Waals surface area contributed by atoms with Gasteiger partial charge in [-0.15, -0.1) is 0 Å². The molecule has 0 aliphatic heterocycles. The van der Waals surface area contributed by atoms with Gasteiger partial charge in [0.15, 0.2) is 0 Å². The fraction of sp³-hybridized carbons (Fsp3) is 0.200. The Hall–Kier alpha value is -0.101. The van der Waals surface area contributed by atoms with Crippen molar-refractivity contribution in [1.29, 1.82) is 0 Å². The van der Waals surface area contributed by atoms with E-state index in [2.05, 4.69) is 10.3 Å². The van der Waals surface area contributed by atoms with Gasteiger partial charge in [0.05, 0.1) is 0 Å². The Morgan fingerprint density at radius 3 is 3.00 bits per heavy atom. The van der Waals surface area contributed by atoms with Crippen LogP contribution in [0.3, 0.4) is 0 Å². The second-order valence-electron chi connectivity index (χ2n) is 1.75. The third-order valence-corrected chi connectivity index (χ3v) is 2.98. The van der Waals surface area contributed by atoms with Gasteiger partial charge in [0.2, 0.25) is 0 Å². The van der Waals surface area contributed by atoms with E-state index in [0.717, 1.165) is 22.5 Å². The number of aromatic nitrogens is 1. The molecule has 0 fully saturated rings. The molecular formula is C5H6N2OSSn. The summed E-state index contributed by atoms with van der Waals surface area (Å²) in [6, 6.07) is 0. The molecule has 3 nitrogen and oxygen atoms in total. The topological polar surface area (TPSA) is 42.0 Å². The van der Waals surface area contributed by atoms with Crippen molar-refractivity contribution in [3.63, 3.8) is 0 Å². The molecule has 0 atom stereocenters. The number of hydrogen-bond acceptors (Lipinski definition) is 3. The number of rotatable bonds is 1. The first-order valence-corrected chi connectivity index (χ1v) is 5.14. The van der Waals surface area contributed by atoms with E-state index in [1.807, 2.05) is 0 Å². The van der Waals surface area contributed by atoms with Gasteiger partial charge in [-0.1, -0.05) is 0 Å². The molecule has 0 saturated heterocycles. The van der Waals surface area contributed by atoms with Gasteiger partial charge >= 0.3 is 76.0 Å². The maximum absolute atomic E-state index is 10.5. The van der Waals surface area contributed by atoms with Crippen LogP contribution in [0.5, 0.6) is 0 Å². The van der Waals surface area contributed by atoms with Gasteiger partial charge in [-0.25, -0.2) is 0 Å². The molecule has 0 aromatic carbocycles. The average molecular weight is 261 g/mol. The molecule has 0 aliphatic carbocycles. The van der Waals surface area contributed by atoms with Gasteiger partial charge in [-0.05, 0) is 0 Å². The number of anilines is 1. The molecule has 0 unspecified atom stereocenters.